The van der Waals surface area contributed by atoms with E-state index in [4.69, 9.17) is 0 Å². The summed E-state index contributed by atoms with van der Waals surface area (Å²) in [5, 5.41) is 0. The Kier molecular flexibility index (Phi) is 1.83. The number of rotatable bonds is 0. The van der Waals surface area contributed by atoms with Gasteiger partial charge < -0.3 is 0 Å². The average molecular weight is 201 g/mol. The van der Waals surface area contributed by atoms with Gasteiger partial charge in [0.25, 0.3) is 0 Å². The highest BCUT2D eigenvalue weighted by atomic mass is 19.4. The fourth-order valence-corrected chi connectivity index (χ4v) is 1.62. The van der Waals surface area contributed by atoms with Gasteiger partial charge >= 0.3 is 6.18 Å². The highest BCUT2D eigenvalue weighted by molar-refractivity contribution is 6.00. The molecule has 1 aromatic heterocycles. The second-order valence-electron chi connectivity index (χ2n) is 3.11. The number of ketones is 1. The van der Waals surface area contributed by atoms with Crippen LogP contribution in [0.3, 0.4) is 0 Å². The number of hydrogen-bond acceptors (Lipinski definition) is 2. The molecule has 1 aliphatic carbocycles. The molecule has 14 heavy (non-hydrogen) atoms. The minimum Gasteiger partial charge on any atom is -0.294 e. The molecule has 0 radical (unpaired) electrons. The van der Waals surface area contributed by atoms with Crippen LogP contribution in [0.2, 0.25) is 0 Å². The van der Waals surface area contributed by atoms with E-state index in [1.807, 2.05) is 0 Å². The molecular formula is C9H6F3NO. The Balaban J connectivity index is 2.60. The third-order valence-corrected chi connectivity index (χ3v) is 2.23. The summed E-state index contributed by atoms with van der Waals surface area (Å²) in [6, 6.07) is 1.35. The summed E-state index contributed by atoms with van der Waals surface area (Å²) in [7, 11) is 0. The molecule has 0 fully saturated rings. The Labute approximate surface area is 77.8 Å². The monoisotopic (exact) mass is 201 g/mol. The minimum absolute atomic E-state index is 0.0463. The maximum absolute atomic E-state index is 12.4. The fraction of sp³-hybridized carbons (Fsp3) is 0.333. The lowest BCUT2D eigenvalue weighted by molar-refractivity contribution is -0.141. The van der Waals surface area contributed by atoms with Crippen molar-refractivity contribution < 1.29 is 18.0 Å². The van der Waals surface area contributed by atoms with E-state index in [1.54, 1.807) is 0 Å². The van der Waals surface area contributed by atoms with E-state index in [0.717, 1.165) is 6.20 Å². The summed E-state index contributed by atoms with van der Waals surface area (Å²) >= 11 is 0. The van der Waals surface area contributed by atoms with Gasteiger partial charge in [0, 0.05) is 18.2 Å². The largest absolute Gasteiger partial charge is 0.433 e. The van der Waals surface area contributed by atoms with Gasteiger partial charge in [-0.15, -0.1) is 0 Å². The Hall–Kier alpha value is -1.39. The molecule has 0 aromatic carbocycles. The molecule has 0 saturated heterocycles. The molecule has 5 heteroatoms. The van der Waals surface area contributed by atoms with Gasteiger partial charge in [-0.05, 0) is 18.1 Å². The zero-order valence-corrected chi connectivity index (χ0v) is 7.06. The molecule has 0 bridgehead atoms. The Morgan fingerprint density at radius 2 is 2.00 bits per heavy atom. The van der Waals surface area contributed by atoms with Crippen LogP contribution < -0.4 is 0 Å². The van der Waals surface area contributed by atoms with Crippen molar-refractivity contribution in [2.45, 2.75) is 19.0 Å². The number of Topliss-reactive ketones (excluding diaryl/α,β-unsaturated/α-hetero) is 1. The Morgan fingerprint density at radius 3 is 2.64 bits per heavy atom. The number of pyridine rings is 1. The summed E-state index contributed by atoms with van der Waals surface area (Å²) in [5.74, 6) is -0.229. The standard InChI is InChI=1S/C9H6F3NO/c10-9(11,12)8-6-1-2-7(14)5(6)3-4-13-8/h3-4H,1-2H2. The summed E-state index contributed by atoms with van der Waals surface area (Å²) < 4.78 is 37.2. The average Bonchev–Trinajstić information content (AvgIpc) is 2.46. The van der Waals surface area contributed by atoms with Gasteiger partial charge in [0.05, 0.1) is 0 Å². The number of nitrogens with zero attached hydrogens (tertiary/aromatic N) is 1. The molecule has 74 valence electrons. The highest BCUT2D eigenvalue weighted by Gasteiger charge is 2.38. The highest BCUT2D eigenvalue weighted by Crippen LogP contribution is 2.34. The SMILES string of the molecule is O=C1CCc2c1ccnc2C(F)(F)F. The maximum Gasteiger partial charge on any atom is 0.433 e. The van der Waals surface area contributed by atoms with Crippen LogP contribution in [0.25, 0.3) is 0 Å². The normalized spacial score (nSPS) is 15.8. The summed E-state index contributed by atoms with van der Waals surface area (Å²) in [4.78, 5) is 14.4. The molecule has 0 atom stereocenters. The molecule has 0 aliphatic heterocycles. The van der Waals surface area contributed by atoms with E-state index in [2.05, 4.69) is 4.98 Å². The van der Waals surface area contributed by atoms with Crippen molar-refractivity contribution in [2.75, 3.05) is 0 Å². The number of aromatic nitrogens is 1. The zero-order valence-electron chi connectivity index (χ0n) is 7.06. The number of carbonyl (C=O) groups excluding carboxylic acids is 1. The lowest BCUT2D eigenvalue weighted by atomic mass is 10.1. The first-order valence-electron chi connectivity index (χ1n) is 4.08. The van der Waals surface area contributed by atoms with E-state index in [9.17, 15) is 18.0 Å². The zero-order chi connectivity index (χ0) is 10.3. The van der Waals surface area contributed by atoms with E-state index in [1.165, 1.54) is 6.07 Å². The number of halogens is 3. The summed E-state index contributed by atoms with van der Waals surface area (Å²) in [6.45, 7) is 0. The van der Waals surface area contributed by atoms with Gasteiger partial charge in [0.1, 0.15) is 5.69 Å². The molecule has 1 aromatic rings. The van der Waals surface area contributed by atoms with Gasteiger partial charge in [0.2, 0.25) is 0 Å². The number of fused-ring (bicyclic) bond motifs is 1. The van der Waals surface area contributed by atoms with Crippen LogP contribution in [0.15, 0.2) is 12.3 Å². The van der Waals surface area contributed by atoms with E-state index in [-0.39, 0.29) is 29.8 Å². The van der Waals surface area contributed by atoms with Crippen molar-refractivity contribution in [2.24, 2.45) is 0 Å². The molecule has 0 amide bonds. The summed E-state index contributed by atoms with van der Waals surface area (Å²) in [6.07, 6.45) is -3.12. The number of alkyl halides is 3. The van der Waals surface area contributed by atoms with E-state index < -0.39 is 11.9 Å². The topological polar surface area (TPSA) is 30.0 Å². The van der Waals surface area contributed by atoms with Crippen LogP contribution in [-0.2, 0) is 12.6 Å². The van der Waals surface area contributed by atoms with Crippen LogP contribution >= 0.6 is 0 Å². The van der Waals surface area contributed by atoms with Crippen LogP contribution in [0.1, 0.15) is 28.0 Å². The third kappa shape index (κ3) is 1.29. The number of carbonyl (C=O) groups is 1. The van der Waals surface area contributed by atoms with Crippen LogP contribution in [-0.4, -0.2) is 10.8 Å². The smallest absolute Gasteiger partial charge is 0.294 e. The van der Waals surface area contributed by atoms with Gasteiger partial charge in [-0.25, -0.2) is 0 Å². The molecular weight excluding hydrogens is 195 g/mol. The number of hydrogen-bond donors (Lipinski definition) is 0. The Morgan fingerprint density at radius 1 is 1.29 bits per heavy atom. The van der Waals surface area contributed by atoms with Crippen molar-refractivity contribution in [1.82, 2.24) is 4.98 Å². The van der Waals surface area contributed by atoms with Gasteiger partial charge in [-0.1, -0.05) is 0 Å². The lowest BCUT2D eigenvalue weighted by Gasteiger charge is -2.09. The van der Waals surface area contributed by atoms with Gasteiger partial charge in [-0.2, -0.15) is 13.2 Å². The quantitative estimate of drug-likeness (QED) is 0.644. The van der Waals surface area contributed by atoms with Crippen LogP contribution in [0.4, 0.5) is 13.2 Å². The van der Waals surface area contributed by atoms with E-state index >= 15 is 0 Å². The molecule has 0 saturated carbocycles. The van der Waals surface area contributed by atoms with E-state index in [0.29, 0.717) is 0 Å². The van der Waals surface area contributed by atoms with Crippen LogP contribution in [0, 0.1) is 0 Å². The molecule has 0 N–H and O–H groups in total. The summed E-state index contributed by atoms with van der Waals surface area (Å²) in [5.41, 5.74) is -0.696. The lowest BCUT2D eigenvalue weighted by Crippen LogP contribution is -2.11. The van der Waals surface area contributed by atoms with Crippen molar-refractivity contribution in [3.8, 4) is 0 Å². The molecule has 2 rings (SSSR count). The molecule has 2 nitrogen and oxygen atoms in total. The molecule has 1 aliphatic rings. The second kappa shape index (κ2) is 2.80. The van der Waals surface area contributed by atoms with Gasteiger partial charge in [-0.3, -0.25) is 9.78 Å². The van der Waals surface area contributed by atoms with Crippen molar-refractivity contribution in [3.05, 3.63) is 29.1 Å². The predicted octanol–water partition coefficient (Wildman–Crippen LogP) is 2.23. The Bertz CT molecular complexity index is 398. The fourth-order valence-electron chi connectivity index (χ4n) is 1.62. The maximum atomic E-state index is 12.4. The van der Waals surface area contributed by atoms with Gasteiger partial charge in [0.15, 0.2) is 5.78 Å². The first-order chi connectivity index (χ1) is 6.50. The van der Waals surface area contributed by atoms with Crippen LogP contribution in [0.5, 0.6) is 0 Å². The first-order valence-corrected chi connectivity index (χ1v) is 4.08. The van der Waals surface area contributed by atoms with Crippen molar-refractivity contribution in [1.29, 1.82) is 0 Å². The van der Waals surface area contributed by atoms with Crippen molar-refractivity contribution in [3.63, 3.8) is 0 Å². The first kappa shape index (κ1) is 9.18. The minimum atomic E-state index is -4.46. The van der Waals surface area contributed by atoms with Crippen molar-refractivity contribution >= 4 is 5.78 Å². The molecule has 0 unspecified atom stereocenters. The second-order valence-corrected chi connectivity index (χ2v) is 3.11. The predicted molar refractivity (Wildman–Crippen MR) is 41.9 cm³/mol. The molecule has 1 heterocycles. The third-order valence-electron chi connectivity index (χ3n) is 2.23. The molecule has 0 spiro atoms.